The van der Waals surface area contributed by atoms with Crippen LogP contribution >= 0.6 is 0 Å². The molecular weight excluding hydrogens is 367 g/mol. The van der Waals surface area contributed by atoms with Gasteiger partial charge in [0.2, 0.25) is 0 Å². The summed E-state index contributed by atoms with van der Waals surface area (Å²) in [5.41, 5.74) is 2.43. The lowest BCUT2D eigenvalue weighted by atomic mass is 9.91. The highest BCUT2D eigenvalue weighted by molar-refractivity contribution is 5.60. The van der Waals surface area contributed by atoms with E-state index in [1.165, 1.54) is 17.7 Å². The van der Waals surface area contributed by atoms with Crippen molar-refractivity contribution in [1.29, 1.82) is 0 Å². The fourth-order valence-corrected chi connectivity index (χ4v) is 4.60. The summed E-state index contributed by atoms with van der Waals surface area (Å²) >= 11 is 0. The summed E-state index contributed by atoms with van der Waals surface area (Å²) in [7, 11) is 2.17. The highest BCUT2D eigenvalue weighted by Crippen LogP contribution is 2.57. The average molecular weight is 395 g/mol. The molecule has 0 spiro atoms. The number of piperazine rings is 1. The summed E-state index contributed by atoms with van der Waals surface area (Å²) in [6.45, 7) is 6.75. The molecule has 4 nitrogen and oxygen atoms in total. The van der Waals surface area contributed by atoms with E-state index in [1.54, 1.807) is 12.1 Å². The van der Waals surface area contributed by atoms with Crippen LogP contribution in [0.1, 0.15) is 24.8 Å². The van der Waals surface area contributed by atoms with Gasteiger partial charge in [-0.1, -0.05) is 18.2 Å². The number of alkyl halides is 3. The van der Waals surface area contributed by atoms with Crippen LogP contribution in [0.5, 0.6) is 5.75 Å². The summed E-state index contributed by atoms with van der Waals surface area (Å²) in [6, 6.07) is 6.76. The molecule has 2 atom stereocenters. The third-order valence-corrected chi connectivity index (χ3v) is 6.28. The number of allylic oxidation sites excluding steroid dienone is 1. The molecule has 154 valence electrons. The normalized spacial score (nSPS) is 28.1. The molecule has 2 aliphatic carbocycles. The summed E-state index contributed by atoms with van der Waals surface area (Å²) in [6.07, 6.45) is 0.882. The Kier molecular flexibility index (Phi) is 5.42. The van der Waals surface area contributed by atoms with Gasteiger partial charge >= 0.3 is 6.36 Å². The van der Waals surface area contributed by atoms with E-state index in [4.69, 9.17) is 0 Å². The van der Waals surface area contributed by atoms with Crippen LogP contribution in [0, 0.1) is 0 Å². The molecule has 0 unspecified atom stereocenters. The number of likely N-dealkylation sites (N-methyl/N-ethyl adjacent to an activating group) is 1. The van der Waals surface area contributed by atoms with Gasteiger partial charge in [-0.3, -0.25) is 0 Å². The SMILES string of the molecule is CN1CCN(CCCN[C@@H]2CC[C@]3(c4ccc(OC(F)(F)F)cc4)C=C23)CC1. The van der Waals surface area contributed by atoms with Crippen molar-refractivity contribution in [3.8, 4) is 5.75 Å². The third-order valence-electron chi connectivity index (χ3n) is 6.28. The Morgan fingerprint density at radius 1 is 1.14 bits per heavy atom. The standard InChI is InChI=1S/C21H28F3N3O/c1-26-11-13-27(14-12-26)10-2-9-25-19-7-8-20(15-18(19)20)16-3-5-17(6-4-16)28-21(22,23)24/h3-6,15,19,25H,2,7-14H2,1H3/t19-,20-/m1/s1. The van der Waals surface area contributed by atoms with Crippen molar-refractivity contribution in [3.05, 3.63) is 41.5 Å². The van der Waals surface area contributed by atoms with Crippen molar-refractivity contribution in [2.24, 2.45) is 0 Å². The summed E-state index contributed by atoms with van der Waals surface area (Å²) < 4.78 is 40.9. The molecule has 0 amide bonds. The maximum atomic E-state index is 12.3. The molecule has 3 aliphatic rings. The van der Waals surface area contributed by atoms with E-state index < -0.39 is 6.36 Å². The average Bonchev–Trinajstić information content (AvgIpc) is 3.28. The van der Waals surface area contributed by atoms with Crippen LogP contribution in [0.2, 0.25) is 0 Å². The van der Waals surface area contributed by atoms with E-state index in [0.29, 0.717) is 6.04 Å². The quantitative estimate of drug-likeness (QED) is 0.567. The third kappa shape index (κ3) is 4.36. The minimum absolute atomic E-state index is 0.0358. The van der Waals surface area contributed by atoms with Gasteiger partial charge in [-0.05, 0) is 62.7 Å². The van der Waals surface area contributed by atoms with E-state index in [0.717, 1.165) is 64.1 Å². The lowest BCUT2D eigenvalue weighted by Gasteiger charge is -2.32. The van der Waals surface area contributed by atoms with Crippen LogP contribution in [0.3, 0.4) is 0 Å². The fourth-order valence-electron chi connectivity index (χ4n) is 4.60. The zero-order chi connectivity index (χ0) is 19.8. The van der Waals surface area contributed by atoms with Gasteiger partial charge in [0.05, 0.1) is 0 Å². The van der Waals surface area contributed by atoms with Gasteiger partial charge in [-0.25, -0.2) is 0 Å². The van der Waals surface area contributed by atoms with Crippen molar-refractivity contribution in [3.63, 3.8) is 0 Å². The lowest BCUT2D eigenvalue weighted by molar-refractivity contribution is -0.274. The summed E-state index contributed by atoms with van der Waals surface area (Å²) in [5, 5.41) is 3.68. The van der Waals surface area contributed by atoms with Crippen molar-refractivity contribution < 1.29 is 17.9 Å². The van der Waals surface area contributed by atoms with Gasteiger partial charge in [0, 0.05) is 37.6 Å². The number of hydrogen-bond donors (Lipinski definition) is 1. The Morgan fingerprint density at radius 3 is 2.50 bits per heavy atom. The van der Waals surface area contributed by atoms with E-state index in [9.17, 15) is 13.2 Å². The predicted molar refractivity (Wildman–Crippen MR) is 102 cm³/mol. The minimum Gasteiger partial charge on any atom is -0.406 e. The maximum Gasteiger partial charge on any atom is 0.573 e. The number of halogens is 3. The molecule has 1 aromatic carbocycles. The highest BCUT2D eigenvalue weighted by Gasteiger charge is 2.53. The Labute approximate surface area is 164 Å². The molecule has 1 heterocycles. The molecular formula is C21H28F3N3O. The first kappa shape index (κ1) is 19.7. The molecule has 1 aliphatic heterocycles. The van der Waals surface area contributed by atoms with E-state index >= 15 is 0 Å². The largest absolute Gasteiger partial charge is 0.573 e. The maximum absolute atomic E-state index is 12.3. The van der Waals surface area contributed by atoms with Gasteiger partial charge in [-0.2, -0.15) is 0 Å². The first-order chi connectivity index (χ1) is 13.4. The molecule has 2 fully saturated rings. The zero-order valence-corrected chi connectivity index (χ0v) is 16.3. The second-order valence-electron chi connectivity index (χ2n) is 8.19. The number of hydrogen-bond acceptors (Lipinski definition) is 4. The van der Waals surface area contributed by atoms with Gasteiger partial charge < -0.3 is 19.9 Å². The molecule has 0 radical (unpaired) electrons. The number of fused-ring (bicyclic) bond motifs is 1. The number of ether oxygens (including phenoxy) is 1. The lowest BCUT2D eigenvalue weighted by Crippen LogP contribution is -2.45. The Bertz CT molecular complexity index is 711. The Balaban J connectivity index is 1.22. The monoisotopic (exact) mass is 395 g/mol. The second-order valence-corrected chi connectivity index (χ2v) is 8.19. The van der Waals surface area contributed by atoms with E-state index in [-0.39, 0.29) is 11.2 Å². The molecule has 4 rings (SSSR count). The van der Waals surface area contributed by atoms with Crippen LogP contribution in [0.4, 0.5) is 13.2 Å². The molecule has 7 heteroatoms. The topological polar surface area (TPSA) is 27.7 Å². The Morgan fingerprint density at radius 2 is 1.86 bits per heavy atom. The van der Waals surface area contributed by atoms with Crippen molar-refractivity contribution in [1.82, 2.24) is 15.1 Å². The van der Waals surface area contributed by atoms with Crippen LogP contribution in [0.15, 0.2) is 35.9 Å². The number of nitrogens with one attached hydrogen (secondary N) is 1. The second kappa shape index (κ2) is 7.69. The predicted octanol–water partition coefficient (Wildman–Crippen LogP) is 3.15. The van der Waals surface area contributed by atoms with Crippen LogP contribution in [0.25, 0.3) is 0 Å². The first-order valence-electron chi connectivity index (χ1n) is 10.1. The van der Waals surface area contributed by atoms with Crippen LogP contribution in [-0.4, -0.2) is 68.5 Å². The fraction of sp³-hybridized carbons (Fsp3) is 0.619. The van der Waals surface area contributed by atoms with E-state index in [2.05, 4.69) is 33.0 Å². The number of benzene rings is 1. The van der Waals surface area contributed by atoms with Crippen molar-refractivity contribution >= 4 is 0 Å². The smallest absolute Gasteiger partial charge is 0.406 e. The van der Waals surface area contributed by atoms with Crippen LogP contribution < -0.4 is 10.1 Å². The zero-order valence-electron chi connectivity index (χ0n) is 16.3. The Hall–Kier alpha value is -1.57. The van der Waals surface area contributed by atoms with E-state index in [1.807, 2.05) is 0 Å². The van der Waals surface area contributed by atoms with Gasteiger partial charge in [-0.15, -0.1) is 13.2 Å². The van der Waals surface area contributed by atoms with Crippen LogP contribution in [-0.2, 0) is 5.41 Å². The van der Waals surface area contributed by atoms with Gasteiger partial charge in [0.25, 0.3) is 0 Å². The van der Waals surface area contributed by atoms with Crippen molar-refractivity contribution in [2.45, 2.75) is 37.1 Å². The molecule has 1 aromatic rings. The molecule has 1 saturated carbocycles. The molecule has 1 saturated heterocycles. The number of rotatable bonds is 7. The molecule has 0 bridgehead atoms. The molecule has 1 N–H and O–H groups in total. The molecule has 28 heavy (non-hydrogen) atoms. The molecule has 0 aromatic heterocycles. The van der Waals surface area contributed by atoms with Gasteiger partial charge in [0.1, 0.15) is 5.75 Å². The highest BCUT2D eigenvalue weighted by atomic mass is 19.4. The minimum atomic E-state index is -4.64. The summed E-state index contributed by atoms with van der Waals surface area (Å²) in [4.78, 5) is 4.90. The van der Waals surface area contributed by atoms with Gasteiger partial charge in [0.15, 0.2) is 0 Å². The summed E-state index contributed by atoms with van der Waals surface area (Å²) in [5.74, 6) is -0.161. The number of nitrogens with zero attached hydrogens (tertiary/aromatic N) is 2. The van der Waals surface area contributed by atoms with Crippen molar-refractivity contribution in [2.75, 3.05) is 46.3 Å². The first-order valence-corrected chi connectivity index (χ1v) is 10.1.